The Kier molecular flexibility index (Phi) is 4.27. The lowest BCUT2D eigenvalue weighted by Gasteiger charge is -2.14. The quantitative estimate of drug-likeness (QED) is 0.821. The average Bonchev–Trinajstić information content (AvgIpc) is 2.99. The molecular formula is C11H15N3O3S. The highest BCUT2D eigenvalue weighted by atomic mass is 32.1. The van der Waals surface area contributed by atoms with Crippen LogP contribution in [0.3, 0.4) is 0 Å². The zero-order valence-electron chi connectivity index (χ0n) is 9.89. The monoisotopic (exact) mass is 269 g/mol. The van der Waals surface area contributed by atoms with Gasteiger partial charge in [-0.05, 0) is 25.9 Å². The molecule has 1 saturated heterocycles. The van der Waals surface area contributed by atoms with E-state index in [9.17, 15) is 9.59 Å². The summed E-state index contributed by atoms with van der Waals surface area (Å²) in [4.78, 5) is 28.4. The molecule has 98 valence electrons. The Bertz CT molecular complexity index is 440. The molecule has 7 heteroatoms. The average molecular weight is 269 g/mol. The van der Waals surface area contributed by atoms with Crippen molar-refractivity contribution in [1.29, 1.82) is 0 Å². The number of aromatic carboxylic acids is 1. The SMILES string of the molecule is O=C(O)c1csc(C(=O)NCCN2CCCC2)n1. The molecule has 1 aliphatic heterocycles. The van der Waals surface area contributed by atoms with Crippen molar-refractivity contribution < 1.29 is 14.7 Å². The van der Waals surface area contributed by atoms with Crippen LogP contribution in [0.5, 0.6) is 0 Å². The molecule has 18 heavy (non-hydrogen) atoms. The standard InChI is InChI=1S/C11H15N3O3S/c15-9(10-13-8(7-18-10)11(16)17)12-3-6-14-4-1-2-5-14/h7H,1-6H2,(H,12,15)(H,16,17). The molecule has 1 aliphatic rings. The Morgan fingerprint density at radius 2 is 2.17 bits per heavy atom. The number of thiazole rings is 1. The minimum Gasteiger partial charge on any atom is -0.476 e. The summed E-state index contributed by atoms with van der Waals surface area (Å²) in [5.41, 5.74) is -0.0790. The van der Waals surface area contributed by atoms with Gasteiger partial charge in [-0.25, -0.2) is 9.78 Å². The minimum atomic E-state index is -1.11. The summed E-state index contributed by atoms with van der Waals surface area (Å²) < 4.78 is 0. The van der Waals surface area contributed by atoms with Gasteiger partial charge in [0.15, 0.2) is 10.7 Å². The molecule has 2 rings (SSSR count). The number of carbonyl (C=O) groups excluding carboxylic acids is 1. The molecule has 2 N–H and O–H groups in total. The highest BCUT2D eigenvalue weighted by molar-refractivity contribution is 7.11. The van der Waals surface area contributed by atoms with Gasteiger partial charge in [0.2, 0.25) is 0 Å². The smallest absolute Gasteiger partial charge is 0.355 e. The predicted octanol–water partition coefficient (Wildman–Crippen LogP) is 0.667. The van der Waals surface area contributed by atoms with Gasteiger partial charge in [-0.1, -0.05) is 0 Å². The molecule has 0 aliphatic carbocycles. The van der Waals surface area contributed by atoms with Crippen molar-refractivity contribution in [2.45, 2.75) is 12.8 Å². The fourth-order valence-electron chi connectivity index (χ4n) is 1.89. The number of aromatic nitrogens is 1. The van der Waals surface area contributed by atoms with Crippen molar-refractivity contribution in [3.8, 4) is 0 Å². The van der Waals surface area contributed by atoms with Gasteiger partial charge >= 0.3 is 5.97 Å². The summed E-state index contributed by atoms with van der Waals surface area (Å²) in [5, 5.41) is 13.0. The third-order valence-corrected chi connectivity index (χ3v) is 3.67. The first kappa shape index (κ1) is 13.0. The van der Waals surface area contributed by atoms with Crippen molar-refractivity contribution in [3.63, 3.8) is 0 Å². The lowest BCUT2D eigenvalue weighted by Crippen LogP contribution is -2.33. The molecule has 1 fully saturated rings. The van der Waals surface area contributed by atoms with Gasteiger partial charge in [0.25, 0.3) is 5.91 Å². The molecule has 1 amide bonds. The van der Waals surface area contributed by atoms with E-state index >= 15 is 0 Å². The number of carbonyl (C=O) groups is 2. The maximum absolute atomic E-state index is 11.7. The Balaban J connectivity index is 1.77. The van der Waals surface area contributed by atoms with E-state index in [-0.39, 0.29) is 16.6 Å². The van der Waals surface area contributed by atoms with Crippen molar-refractivity contribution >= 4 is 23.2 Å². The fourth-order valence-corrected chi connectivity index (χ4v) is 2.59. The second-order valence-electron chi connectivity index (χ2n) is 4.15. The van der Waals surface area contributed by atoms with Crippen LogP contribution in [0.4, 0.5) is 0 Å². The minimum absolute atomic E-state index is 0.0790. The molecule has 0 spiro atoms. The van der Waals surface area contributed by atoms with Crippen LogP contribution in [0.2, 0.25) is 0 Å². The van der Waals surface area contributed by atoms with E-state index in [0.717, 1.165) is 31.0 Å². The van der Waals surface area contributed by atoms with Gasteiger partial charge in [0.1, 0.15) is 0 Å². The molecule has 0 bridgehead atoms. The fraction of sp³-hybridized carbons (Fsp3) is 0.545. The molecule has 6 nitrogen and oxygen atoms in total. The molecule has 1 aromatic heterocycles. The van der Waals surface area contributed by atoms with Gasteiger partial charge in [-0.3, -0.25) is 4.79 Å². The second-order valence-corrected chi connectivity index (χ2v) is 5.01. The molecule has 0 saturated carbocycles. The molecule has 0 atom stereocenters. The summed E-state index contributed by atoms with van der Waals surface area (Å²) in [6.45, 7) is 3.59. The van der Waals surface area contributed by atoms with Crippen LogP contribution in [-0.2, 0) is 0 Å². The van der Waals surface area contributed by atoms with E-state index in [4.69, 9.17) is 5.11 Å². The van der Waals surface area contributed by atoms with E-state index in [0.29, 0.717) is 6.54 Å². The number of likely N-dealkylation sites (tertiary alicyclic amines) is 1. The number of amides is 1. The number of carboxylic acid groups (broad SMARTS) is 1. The summed E-state index contributed by atoms with van der Waals surface area (Å²) in [5.74, 6) is -1.41. The van der Waals surface area contributed by atoms with Crippen molar-refractivity contribution in [2.24, 2.45) is 0 Å². The summed E-state index contributed by atoms with van der Waals surface area (Å²) in [6, 6.07) is 0. The number of carboxylic acids is 1. The highest BCUT2D eigenvalue weighted by Crippen LogP contribution is 2.09. The first-order valence-electron chi connectivity index (χ1n) is 5.86. The second kappa shape index (κ2) is 5.92. The van der Waals surface area contributed by atoms with Gasteiger partial charge in [-0.15, -0.1) is 11.3 Å². The number of rotatable bonds is 5. The van der Waals surface area contributed by atoms with Crippen LogP contribution in [0.1, 0.15) is 33.1 Å². The third-order valence-electron chi connectivity index (χ3n) is 2.83. The van der Waals surface area contributed by atoms with E-state index < -0.39 is 5.97 Å². The van der Waals surface area contributed by atoms with Crippen molar-refractivity contribution in [3.05, 3.63) is 16.1 Å². The molecule has 0 aromatic carbocycles. The molecule has 0 unspecified atom stereocenters. The Morgan fingerprint density at radius 3 is 2.78 bits per heavy atom. The van der Waals surface area contributed by atoms with Gasteiger partial charge in [-0.2, -0.15) is 0 Å². The van der Waals surface area contributed by atoms with Crippen molar-refractivity contribution in [2.75, 3.05) is 26.2 Å². The number of hydrogen-bond acceptors (Lipinski definition) is 5. The zero-order valence-corrected chi connectivity index (χ0v) is 10.7. The number of hydrogen-bond donors (Lipinski definition) is 2. The third kappa shape index (κ3) is 3.27. The number of nitrogens with zero attached hydrogens (tertiary/aromatic N) is 2. The van der Waals surface area contributed by atoms with E-state index in [1.54, 1.807) is 0 Å². The van der Waals surface area contributed by atoms with Crippen LogP contribution in [0, 0.1) is 0 Å². The molecule has 2 heterocycles. The van der Waals surface area contributed by atoms with Crippen LogP contribution in [0.25, 0.3) is 0 Å². The van der Waals surface area contributed by atoms with Crippen LogP contribution < -0.4 is 5.32 Å². The Morgan fingerprint density at radius 1 is 1.44 bits per heavy atom. The Labute approximate surface area is 109 Å². The number of nitrogens with one attached hydrogen (secondary N) is 1. The van der Waals surface area contributed by atoms with Crippen molar-refractivity contribution in [1.82, 2.24) is 15.2 Å². The van der Waals surface area contributed by atoms with Gasteiger partial charge < -0.3 is 15.3 Å². The van der Waals surface area contributed by atoms with Gasteiger partial charge in [0, 0.05) is 18.5 Å². The maximum atomic E-state index is 11.7. The molecule has 0 radical (unpaired) electrons. The van der Waals surface area contributed by atoms with Crippen LogP contribution in [0.15, 0.2) is 5.38 Å². The molecule has 1 aromatic rings. The summed E-state index contributed by atoms with van der Waals surface area (Å²) in [7, 11) is 0. The maximum Gasteiger partial charge on any atom is 0.355 e. The topological polar surface area (TPSA) is 82.5 Å². The van der Waals surface area contributed by atoms with Crippen LogP contribution in [-0.4, -0.2) is 53.0 Å². The highest BCUT2D eigenvalue weighted by Gasteiger charge is 2.15. The van der Waals surface area contributed by atoms with E-state index in [2.05, 4.69) is 15.2 Å². The largest absolute Gasteiger partial charge is 0.476 e. The lowest BCUT2D eigenvalue weighted by atomic mass is 10.4. The Hall–Kier alpha value is -1.47. The lowest BCUT2D eigenvalue weighted by molar-refractivity contribution is 0.0691. The summed E-state index contributed by atoms with van der Waals surface area (Å²) in [6.07, 6.45) is 2.45. The van der Waals surface area contributed by atoms with Gasteiger partial charge in [0.05, 0.1) is 0 Å². The first-order valence-corrected chi connectivity index (χ1v) is 6.74. The normalized spacial score (nSPS) is 15.8. The van der Waals surface area contributed by atoms with E-state index in [1.807, 2.05) is 0 Å². The predicted molar refractivity (Wildman–Crippen MR) is 67.1 cm³/mol. The first-order chi connectivity index (χ1) is 8.66. The zero-order chi connectivity index (χ0) is 13.0. The van der Waals surface area contributed by atoms with Crippen LogP contribution >= 0.6 is 11.3 Å². The van der Waals surface area contributed by atoms with E-state index in [1.165, 1.54) is 18.2 Å². The molecular weight excluding hydrogens is 254 g/mol. The summed E-state index contributed by atoms with van der Waals surface area (Å²) >= 11 is 1.05.